The lowest BCUT2D eigenvalue weighted by molar-refractivity contribution is -0.136. The summed E-state index contributed by atoms with van der Waals surface area (Å²) in [5.74, 6) is -2.82. The van der Waals surface area contributed by atoms with Gasteiger partial charge >= 0.3 is 5.51 Å². The molecule has 3 unspecified atom stereocenters. The number of alkyl halides is 3. The number of carbonyl (C=O) groups is 4. The Balaban J connectivity index is 0.789. The maximum Gasteiger partial charge on any atom is 0.501 e. The highest BCUT2D eigenvalue weighted by Crippen LogP contribution is 2.43. The quantitative estimate of drug-likeness (QED) is 0.0402. The second-order valence-corrected chi connectivity index (χ2v) is 29.3. The Labute approximate surface area is 515 Å². The van der Waals surface area contributed by atoms with Gasteiger partial charge < -0.3 is 15.1 Å². The Morgan fingerprint density at radius 3 is 2.20 bits per heavy atom. The number of amides is 4. The summed E-state index contributed by atoms with van der Waals surface area (Å²) in [4.78, 5) is 60.2. The van der Waals surface area contributed by atoms with E-state index in [4.69, 9.17) is 11.6 Å². The molecule has 0 bridgehead atoms. The van der Waals surface area contributed by atoms with E-state index in [9.17, 15) is 49.2 Å². The number of nitrogens with zero attached hydrogens (tertiary/aromatic N) is 5. The molecule has 3 saturated heterocycles. The number of halogens is 5. The van der Waals surface area contributed by atoms with E-state index >= 15 is 4.39 Å². The molecule has 0 spiro atoms. The molecule has 3 N–H and O–H groups in total. The van der Waals surface area contributed by atoms with Gasteiger partial charge in [0.2, 0.25) is 11.8 Å². The average Bonchev–Trinajstić information content (AvgIpc) is 1.88. The smallest absolute Gasteiger partial charge is 0.380 e. The largest absolute Gasteiger partial charge is 0.501 e. The minimum absolute atomic E-state index is 0.0407. The van der Waals surface area contributed by atoms with Gasteiger partial charge in [-0.25, -0.2) is 25.9 Å². The molecule has 16 nitrogen and oxygen atoms in total. The van der Waals surface area contributed by atoms with Crippen LogP contribution in [-0.2, 0) is 42.5 Å². The molecule has 24 heteroatoms. The van der Waals surface area contributed by atoms with Gasteiger partial charge in [-0.05, 0) is 147 Å². The van der Waals surface area contributed by atoms with Gasteiger partial charge in [0.05, 0.1) is 10.6 Å². The van der Waals surface area contributed by atoms with Crippen LogP contribution in [0.4, 0.5) is 28.9 Å². The average molecular weight is 1280 g/mol. The zero-order valence-corrected chi connectivity index (χ0v) is 52.0. The van der Waals surface area contributed by atoms with Crippen molar-refractivity contribution < 1.29 is 53.6 Å². The number of imide groups is 1. The number of sulfone groups is 1. The van der Waals surface area contributed by atoms with Crippen LogP contribution in [0, 0.1) is 11.2 Å². The number of piperidine rings is 1. The fourth-order valence-electron chi connectivity index (χ4n) is 12.7. The third-order valence-corrected chi connectivity index (χ3v) is 21.6. The van der Waals surface area contributed by atoms with Crippen molar-refractivity contribution >= 4 is 83.8 Å². The van der Waals surface area contributed by atoms with E-state index in [1.807, 2.05) is 61.0 Å². The summed E-state index contributed by atoms with van der Waals surface area (Å²) < 4.78 is 116. The van der Waals surface area contributed by atoms with Gasteiger partial charge in [0.1, 0.15) is 16.8 Å². The maximum atomic E-state index is 15.8. The SMILES string of the molecule is CC1CN(Cc2cc3c(cc2F)C(=O)N(C2CCC(=O)NC2=O)C3)CC(C)N1CC[C@H](CSc1ccccc1)Nc1ccc(S(=O)(=O)NC(=O)c2ccc(N3CCN(CC4=C(c5ccc(Cl)cc5)CCC(C)(C)C4)CC3)cc2)cc1S(=O)(=O)C(F)(F)F. The molecule has 0 radical (unpaired) electrons. The summed E-state index contributed by atoms with van der Waals surface area (Å²) in [6.45, 7) is 14.2. The number of piperazine rings is 2. The van der Waals surface area contributed by atoms with Crippen LogP contribution in [0.5, 0.6) is 0 Å². The van der Waals surface area contributed by atoms with E-state index in [1.54, 1.807) is 18.2 Å². The summed E-state index contributed by atoms with van der Waals surface area (Å²) in [5.41, 5.74) is -0.212. The molecule has 1 aliphatic carbocycles. The lowest BCUT2D eigenvalue weighted by Crippen LogP contribution is -2.56. The van der Waals surface area contributed by atoms with Crippen LogP contribution in [0.2, 0.25) is 5.02 Å². The van der Waals surface area contributed by atoms with Crippen molar-refractivity contribution in [3.63, 3.8) is 0 Å². The Bertz CT molecular complexity index is 3670. The van der Waals surface area contributed by atoms with Gasteiger partial charge in [0.15, 0.2) is 0 Å². The molecule has 4 amide bonds. The molecule has 10 rings (SSSR count). The van der Waals surface area contributed by atoms with Crippen LogP contribution in [-0.4, -0.2) is 148 Å². The van der Waals surface area contributed by atoms with Crippen molar-refractivity contribution in [3.8, 4) is 0 Å². The van der Waals surface area contributed by atoms with Crippen LogP contribution in [0.15, 0.2) is 129 Å². The van der Waals surface area contributed by atoms with Crippen molar-refractivity contribution in [2.45, 2.75) is 124 Å². The van der Waals surface area contributed by atoms with E-state index in [-0.39, 0.29) is 60.3 Å². The molecule has 5 aromatic carbocycles. The molecule has 87 heavy (non-hydrogen) atoms. The molecule has 5 aromatic rings. The number of rotatable bonds is 19. The molecular weight excluding hydrogens is 1200 g/mol. The zero-order chi connectivity index (χ0) is 62.2. The van der Waals surface area contributed by atoms with Gasteiger partial charge in [-0.2, -0.15) is 13.2 Å². The Morgan fingerprint density at radius 2 is 1.53 bits per heavy atom. The summed E-state index contributed by atoms with van der Waals surface area (Å²) in [7, 11) is -11.1. The van der Waals surface area contributed by atoms with E-state index in [1.165, 1.54) is 51.6 Å². The number of thioether (sulfide) groups is 1. The normalized spacial score (nSPS) is 21.2. The first-order valence-electron chi connectivity index (χ1n) is 29.2. The van der Waals surface area contributed by atoms with Crippen molar-refractivity contribution in [2.75, 3.05) is 68.3 Å². The number of benzene rings is 5. The highest BCUT2D eigenvalue weighted by molar-refractivity contribution is 7.99. The van der Waals surface area contributed by atoms with E-state index in [0.29, 0.717) is 61.4 Å². The molecule has 4 heterocycles. The number of fused-ring (bicyclic) bond motifs is 1. The molecule has 3 fully saturated rings. The number of sulfonamides is 1. The minimum Gasteiger partial charge on any atom is -0.380 e. The predicted molar refractivity (Wildman–Crippen MR) is 328 cm³/mol. The van der Waals surface area contributed by atoms with Crippen molar-refractivity contribution in [3.05, 3.63) is 153 Å². The molecule has 464 valence electrons. The summed E-state index contributed by atoms with van der Waals surface area (Å²) in [6, 6.07) is 27.1. The molecular formula is C63H71ClF4N8O8S3. The van der Waals surface area contributed by atoms with Gasteiger partial charge in [-0.1, -0.05) is 61.4 Å². The van der Waals surface area contributed by atoms with E-state index in [0.717, 1.165) is 61.6 Å². The number of hydrogen-bond acceptors (Lipinski definition) is 14. The first-order chi connectivity index (χ1) is 41.2. The van der Waals surface area contributed by atoms with Crippen molar-refractivity contribution in [1.29, 1.82) is 0 Å². The lowest BCUT2D eigenvalue weighted by atomic mass is 9.73. The van der Waals surface area contributed by atoms with Crippen LogP contribution in [0.1, 0.15) is 104 Å². The van der Waals surface area contributed by atoms with Crippen molar-refractivity contribution in [2.24, 2.45) is 5.41 Å². The maximum absolute atomic E-state index is 15.8. The Hall–Kier alpha value is -6.34. The third-order valence-electron chi connectivity index (χ3n) is 17.3. The molecule has 0 saturated carbocycles. The first kappa shape index (κ1) is 63.7. The second-order valence-electron chi connectivity index (χ2n) is 24.2. The minimum atomic E-state index is -6.19. The number of nitrogens with one attached hydrogen (secondary N) is 3. The van der Waals surface area contributed by atoms with E-state index in [2.05, 4.69) is 56.2 Å². The Morgan fingerprint density at radius 1 is 0.839 bits per heavy atom. The zero-order valence-electron chi connectivity index (χ0n) is 48.8. The molecule has 4 atom stereocenters. The summed E-state index contributed by atoms with van der Waals surface area (Å²) in [5, 5.41) is 6.01. The summed E-state index contributed by atoms with van der Waals surface area (Å²) in [6.07, 6.45) is 3.65. The van der Waals surface area contributed by atoms with Gasteiger partial charge in [-0.3, -0.25) is 39.2 Å². The van der Waals surface area contributed by atoms with E-state index < -0.39 is 82.4 Å². The monoisotopic (exact) mass is 1270 g/mol. The fourth-order valence-corrected chi connectivity index (χ4v) is 15.8. The van der Waals surface area contributed by atoms with Gasteiger partial charge in [0, 0.05) is 128 Å². The number of hydrogen-bond donors (Lipinski definition) is 3. The number of allylic oxidation sites excluding steroid dienone is 1. The number of carbonyl (C=O) groups excluding carboxylic acids is 4. The highest BCUT2D eigenvalue weighted by Gasteiger charge is 2.49. The van der Waals surface area contributed by atoms with Crippen LogP contribution >= 0.6 is 23.4 Å². The first-order valence-corrected chi connectivity index (χ1v) is 33.5. The molecule has 5 aliphatic rings. The van der Waals surface area contributed by atoms with Crippen LogP contribution in [0.3, 0.4) is 0 Å². The summed E-state index contributed by atoms with van der Waals surface area (Å²) >= 11 is 7.61. The standard InChI is InChI=1S/C63H71ClF4N8O8S3/c1-40-34-73(36-45-30-44-38-76(61(80)53(44)32-54(45)65)56-20-21-58(77)70-60(56)79)35-41(2)75(40)25-23-48(39-85-50-8-6-5-7-9-50)69-55-19-18-51(31-57(55)86(81,82)63(66,67)68)87(83,84)71-59(78)43-12-16-49(17-13-43)74-28-26-72(27-29-74)37-46-33-62(3,4)24-22-52(46)42-10-14-47(64)15-11-42/h5-19,30-32,40-41,48,56,69H,20-29,33-39H2,1-4H3,(H,71,78)(H,70,77,79)/t40?,41?,48-,56?/m1/s1. The van der Waals surface area contributed by atoms with Gasteiger partial charge in [-0.15, -0.1) is 11.8 Å². The van der Waals surface area contributed by atoms with Gasteiger partial charge in [0.25, 0.3) is 31.7 Å². The van der Waals surface area contributed by atoms with Crippen molar-refractivity contribution in [1.82, 2.24) is 29.6 Å². The van der Waals surface area contributed by atoms with Crippen LogP contribution < -0.4 is 20.3 Å². The predicted octanol–water partition coefficient (Wildman–Crippen LogP) is 10.00. The van der Waals surface area contributed by atoms with Crippen LogP contribution in [0.25, 0.3) is 5.57 Å². The topological polar surface area (TPSA) is 189 Å². The third kappa shape index (κ3) is 14.7. The molecule has 0 aromatic heterocycles. The highest BCUT2D eigenvalue weighted by atomic mass is 35.5. The number of anilines is 2. The second kappa shape index (κ2) is 26.0. The Kier molecular flexibility index (Phi) is 19.0. The fraction of sp³-hybridized carbons (Fsp3) is 0.429. The molecule has 4 aliphatic heterocycles. The lowest BCUT2D eigenvalue weighted by Gasteiger charge is -2.45.